The number of hydrogen-bond donors (Lipinski definition) is 1. The van der Waals surface area contributed by atoms with Gasteiger partial charge in [0.05, 0.1) is 18.3 Å². The quantitative estimate of drug-likeness (QED) is 0.745. The van der Waals surface area contributed by atoms with Gasteiger partial charge in [-0.2, -0.15) is 0 Å². The summed E-state index contributed by atoms with van der Waals surface area (Å²) in [5.41, 5.74) is 5.10. The molecular weight excluding hydrogens is 173 g/mol. The first kappa shape index (κ1) is 9.57. The molecule has 5 heteroatoms. The molecule has 0 aromatic carbocycles. The Bertz CT molecular complexity index is 299. The van der Waals surface area contributed by atoms with Crippen LogP contribution in [0.3, 0.4) is 0 Å². The van der Waals surface area contributed by atoms with Crippen molar-refractivity contribution in [1.82, 2.24) is 9.97 Å². The van der Waals surface area contributed by atoms with Crippen molar-refractivity contribution < 1.29 is 9.18 Å². The van der Waals surface area contributed by atoms with Gasteiger partial charge in [-0.15, -0.1) is 0 Å². The maximum Gasteiger partial charge on any atom is 0.228 e. The molecule has 4 nitrogen and oxygen atoms in total. The Kier molecular flexibility index (Phi) is 2.89. The second kappa shape index (κ2) is 3.93. The summed E-state index contributed by atoms with van der Waals surface area (Å²) in [6.45, 7) is 1.79. The summed E-state index contributed by atoms with van der Waals surface area (Å²) in [6, 6.07) is 0. The smallest absolute Gasteiger partial charge is 0.228 e. The van der Waals surface area contributed by atoms with E-state index in [1.807, 2.05) is 0 Å². The van der Waals surface area contributed by atoms with Gasteiger partial charge in [0.1, 0.15) is 5.82 Å². The lowest BCUT2D eigenvalue weighted by atomic mass is 10.1. The van der Waals surface area contributed by atoms with Crippen LogP contribution in [0.1, 0.15) is 25.1 Å². The lowest BCUT2D eigenvalue weighted by Crippen LogP contribution is -2.22. The van der Waals surface area contributed by atoms with E-state index in [9.17, 15) is 9.18 Å². The van der Waals surface area contributed by atoms with Gasteiger partial charge in [-0.25, -0.2) is 14.4 Å². The highest BCUT2D eigenvalue weighted by Crippen LogP contribution is 2.13. The lowest BCUT2D eigenvalue weighted by Gasteiger charge is -2.07. The molecule has 0 saturated heterocycles. The molecule has 0 saturated carbocycles. The number of hydrogen-bond acceptors (Lipinski definition) is 3. The van der Waals surface area contributed by atoms with Gasteiger partial charge in [0, 0.05) is 0 Å². The second-order valence-corrected chi connectivity index (χ2v) is 2.62. The van der Waals surface area contributed by atoms with E-state index in [2.05, 4.69) is 9.97 Å². The molecule has 0 aliphatic carbocycles. The average molecular weight is 183 g/mol. The zero-order chi connectivity index (χ0) is 9.84. The van der Waals surface area contributed by atoms with E-state index in [0.29, 0.717) is 6.42 Å². The minimum absolute atomic E-state index is 0.274. The standard InChI is InChI=1S/C8H10FN3O/c1-2-6(7(10)13)8-11-3-5(9)4-12-8/h3-4,6H,2H2,1H3,(H2,10,13). The number of carbonyl (C=O) groups is 1. The number of halogens is 1. The van der Waals surface area contributed by atoms with Gasteiger partial charge < -0.3 is 5.73 Å². The predicted octanol–water partition coefficient (Wildman–Crippen LogP) is 0.595. The molecule has 0 bridgehead atoms. The van der Waals surface area contributed by atoms with E-state index >= 15 is 0 Å². The van der Waals surface area contributed by atoms with Gasteiger partial charge in [0.25, 0.3) is 0 Å². The Hall–Kier alpha value is -1.52. The van der Waals surface area contributed by atoms with E-state index in [4.69, 9.17) is 5.73 Å². The highest BCUT2D eigenvalue weighted by atomic mass is 19.1. The number of nitrogens with two attached hydrogens (primary N) is 1. The molecule has 1 amide bonds. The molecule has 0 spiro atoms. The van der Waals surface area contributed by atoms with Gasteiger partial charge in [0.2, 0.25) is 5.91 Å². The van der Waals surface area contributed by atoms with Crippen LogP contribution in [0.2, 0.25) is 0 Å². The third kappa shape index (κ3) is 2.21. The minimum atomic E-state index is -0.527. The molecule has 1 aromatic rings. The number of aromatic nitrogens is 2. The molecule has 1 heterocycles. The van der Waals surface area contributed by atoms with Gasteiger partial charge in [-0.05, 0) is 6.42 Å². The van der Waals surface area contributed by atoms with Crippen LogP contribution in [0.25, 0.3) is 0 Å². The van der Waals surface area contributed by atoms with Gasteiger partial charge in [-0.3, -0.25) is 4.79 Å². The van der Waals surface area contributed by atoms with Crippen molar-refractivity contribution in [3.63, 3.8) is 0 Å². The molecule has 1 atom stereocenters. The summed E-state index contributed by atoms with van der Waals surface area (Å²) in [5, 5.41) is 0. The summed E-state index contributed by atoms with van der Waals surface area (Å²) >= 11 is 0. The van der Waals surface area contributed by atoms with Gasteiger partial charge >= 0.3 is 0 Å². The van der Waals surface area contributed by atoms with Crippen LogP contribution in [-0.2, 0) is 4.79 Å². The summed E-state index contributed by atoms with van der Waals surface area (Å²) < 4.78 is 12.4. The van der Waals surface area contributed by atoms with Crippen molar-refractivity contribution in [2.45, 2.75) is 19.3 Å². The van der Waals surface area contributed by atoms with E-state index in [1.165, 1.54) is 0 Å². The Morgan fingerprint density at radius 2 is 2.15 bits per heavy atom. The van der Waals surface area contributed by atoms with Crippen LogP contribution in [0, 0.1) is 5.82 Å². The monoisotopic (exact) mass is 183 g/mol. The zero-order valence-corrected chi connectivity index (χ0v) is 7.20. The minimum Gasteiger partial charge on any atom is -0.369 e. The van der Waals surface area contributed by atoms with Gasteiger partial charge in [0.15, 0.2) is 5.82 Å². The molecule has 0 aliphatic rings. The second-order valence-electron chi connectivity index (χ2n) is 2.62. The van der Waals surface area contributed by atoms with E-state index in [-0.39, 0.29) is 5.82 Å². The number of nitrogens with zero attached hydrogens (tertiary/aromatic N) is 2. The van der Waals surface area contributed by atoms with Crippen molar-refractivity contribution in [1.29, 1.82) is 0 Å². The Balaban J connectivity index is 2.92. The number of amides is 1. The predicted molar refractivity (Wildman–Crippen MR) is 44.2 cm³/mol. The Morgan fingerprint density at radius 1 is 1.62 bits per heavy atom. The fraction of sp³-hybridized carbons (Fsp3) is 0.375. The fourth-order valence-corrected chi connectivity index (χ4v) is 1.01. The summed E-state index contributed by atoms with van der Waals surface area (Å²) in [6.07, 6.45) is 2.56. The van der Waals surface area contributed by atoms with Crippen molar-refractivity contribution in [3.05, 3.63) is 24.0 Å². The third-order valence-electron chi connectivity index (χ3n) is 1.70. The molecule has 13 heavy (non-hydrogen) atoms. The fourth-order valence-electron chi connectivity index (χ4n) is 1.01. The normalized spacial score (nSPS) is 12.5. The number of rotatable bonds is 3. The highest BCUT2D eigenvalue weighted by molar-refractivity contribution is 5.80. The van der Waals surface area contributed by atoms with Crippen molar-refractivity contribution in [2.24, 2.45) is 5.73 Å². The largest absolute Gasteiger partial charge is 0.369 e. The molecular formula is C8H10FN3O. The highest BCUT2D eigenvalue weighted by Gasteiger charge is 2.17. The van der Waals surface area contributed by atoms with Crippen molar-refractivity contribution >= 4 is 5.91 Å². The van der Waals surface area contributed by atoms with Crippen LogP contribution >= 0.6 is 0 Å². The number of carbonyl (C=O) groups excluding carboxylic acids is 1. The van der Waals surface area contributed by atoms with Gasteiger partial charge in [-0.1, -0.05) is 6.92 Å². The van der Waals surface area contributed by atoms with Crippen molar-refractivity contribution in [3.8, 4) is 0 Å². The molecule has 1 rings (SSSR count). The van der Waals surface area contributed by atoms with Crippen molar-refractivity contribution in [2.75, 3.05) is 0 Å². The van der Waals surface area contributed by atoms with Crippen LogP contribution in [0.5, 0.6) is 0 Å². The maximum atomic E-state index is 12.4. The third-order valence-corrected chi connectivity index (χ3v) is 1.70. The molecule has 0 aliphatic heterocycles. The van der Waals surface area contributed by atoms with E-state index in [0.717, 1.165) is 12.4 Å². The van der Waals surface area contributed by atoms with Crippen LogP contribution in [0.15, 0.2) is 12.4 Å². The summed E-state index contributed by atoms with van der Waals surface area (Å²) in [4.78, 5) is 18.2. The van der Waals surface area contributed by atoms with E-state index in [1.54, 1.807) is 6.92 Å². The number of primary amides is 1. The van der Waals surface area contributed by atoms with Crippen LogP contribution in [0.4, 0.5) is 4.39 Å². The molecule has 0 radical (unpaired) electrons. The Morgan fingerprint density at radius 3 is 2.54 bits per heavy atom. The molecule has 2 N–H and O–H groups in total. The SMILES string of the molecule is CCC(C(N)=O)c1ncc(F)cn1. The van der Waals surface area contributed by atoms with E-state index < -0.39 is 17.6 Å². The van der Waals surface area contributed by atoms with Crippen LogP contribution < -0.4 is 5.73 Å². The molecule has 1 unspecified atom stereocenters. The first-order valence-electron chi connectivity index (χ1n) is 3.92. The van der Waals surface area contributed by atoms with Crippen LogP contribution in [-0.4, -0.2) is 15.9 Å². The zero-order valence-electron chi connectivity index (χ0n) is 7.20. The molecule has 1 aromatic heterocycles. The Labute approximate surface area is 75.0 Å². The first-order valence-corrected chi connectivity index (χ1v) is 3.92. The first-order chi connectivity index (χ1) is 6.15. The molecule has 0 fully saturated rings. The topological polar surface area (TPSA) is 68.9 Å². The maximum absolute atomic E-state index is 12.4. The average Bonchev–Trinajstić information content (AvgIpc) is 2.09. The molecule has 70 valence electrons. The lowest BCUT2D eigenvalue weighted by molar-refractivity contribution is -0.119. The summed E-state index contributed by atoms with van der Waals surface area (Å²) in [5.74, 6) is -1.27. The summed E-state index contributed by atoms with van der Waals surface area (Å²) in [7, 11) is 0.